The first-order valence-corrected chi connectivity index (χ1v) is 8.33. The lowest BCUT2D eigenvalue weighted by Gasteiger charge is -2.29. The quantitative estimate of drug-likeness (QED) is 0.712. The number of amides is 1. The molecule has 1 aliphatic carbocycles. The summed E-state index contributed by atoms with van der Waals surface area (Å²) in [4.78, 5) is 12.3. The Morgan fingerprint density at radius 2 is 1.91 bits per heavy atom. The average Bonchev–Trinajstić information content (AvgIpc) is 2.59. The van der Waals surface area contributed by atoms with Crippen LogP contribution in [0.2, 0.25) is 0 Å². The van der Waals surface area contributed by atoms with Crippen molar-refractivity contribution in [1.82, 2.24) is 5.32 Å². The summed E-state index contributed by atoms with van der Waals surface area (Å²) in [5.41, 5.74) is 1.64. The summed E-state index contributed by atoms with van der Waals surface area (Å²) in [6, 6.07) is 6.03. The van der Waals surface area contributed by atoms with Gasteiger partial charge in [0, 0.05) is 0 Å². The van der Waals surface area contributed by atoms with Crippen molar-refractivity contribution in [3.05, 3.63) is 29.3 Å². The third-order valence-electron chi connectivity index (χ3n) is 4.38. The SMILES string of the molecule is CCC(Oc1ccc2c(c1)CCCC2)C(=O)NC(C)(CO)CO. The maximum Gasteiger partial charge on any atom is 0.261 e. The van der Waals surface area contributed by atoms with E-state index >= 15 is 0 Å². The van der Waals surface area contributed by atoms with Gasteiger partial charge in [-0.25, -0.2) is 0 Å². The van der Waals surface area contributed by atoms with E-state index in [1.807, 2.05) is 19.1 Å². The molecule has 0 saturated carbocycles. The number of nitrogens with one attached hydrogen (secondary N) is 1. The number of aliphatic hydroxyl groups excluding tert-OH is 2. The molecule has 1 aliphatic rings. The van der Waals surface area contributed by atoms with Crippen LogP contribution < -0.4 is 10.1 Å². The van der Waals surface area contributed by atoms with Crippen LogP contribution >= 0.6 is 0 Å². The first-order valence-electron chi connectivity index (χ1n) is 8.33. The predicted octanol–water partition coefficient (Wildman–Crippen LogP) is 1.58. The topological polar surface area (TPSA) is 78.8 Å². The van der Waals surface area contributed by atoms with E-state index in [1.165, 1.54) is 24.0 Å². The lowest BCUT2D eigenvalue weighted by molar-refractivity contribution is -0.131. The number of aryl methyl sites for hydroxylation is 2. The molecule has 3 N–H and O–H groups in total. The molecule has 1 aromatic rings. The molecule has 1 aromatic carbocycles. The zero-order chi connectivity index (χ0) is 16.9. The van der Waals surface area contributed by atoms with Gasteiger partial charge in [0.15, 0.2) is 6.10 Å². The normalized spacial score (nSPS) is 15.7. The zero-order valence-corrected chi connectivity index (χ0v) is 14.0. The number of benzene rings is 1. The summed E-state index contributed by atoms with van der Waals surface area (Å²) >= 11 is 0. The summed E-state index contributed by atoms with van der Waals surface area (Å²) < 4.78 is 5.85. The third kappa shape index (κ3) is 4.45. The predicted molar refractivity (Wildman–Crippen MR) is 88.5 cm³/mol. The summed E-state index contributed by atoms with van der Waals surface area (Å²) in [6.45, 7) is 2.81. The number of carbonyl (C=O) groups is 1. The Bertz CT molecular complexity index is 540. The van der Waals surface area contributed by atoms with E-state index < -0.39 is 11.6 Å². The molecule has 1 unspecified atom stereocenters. The Morgan fingerprint density at radius 1 is 1.26 bits per heavy atom. The second kappa shape index (κ2) is 7.79. The van der Waals surface area contributed by atoms with Crippen LogP contribution in [0.5, 0.6) is 5.75 Å². The van der Waals surface area contributed by atoms with Crippen molar-refractivity contribution in [2.24, 2.45) is 0 Å². The number of rotatable bonds is 7. The number of carbonyl (C=O) groups excluding carboxylic acids is 1. The lowest BCUT2D eigenvalue weighted by atomic mass is 9.92. The van der Waals surface area contributed by atoms with Gasteiger partial charge in [-0.2, -0.15) is 0 Å². The average molecular weight is 321 g/mol. The lowest BCUT2D eigenvalue weighted by Crippen LogP contribution is -2.55. The maximum absolute atomic E-state index is 12.3. The minimum Gasteiger partial charge on any atom is -0.481 e. The van der Waals surface area contributed by atoms with Crippen molar-refractivity contribution < 1.29 is 19.7 Å². The van der Waals surface area contributed by atoms with Crippen LogP contribution in [0, 0.1) is 0 Å². The van der Waals surface area contributed by atoms with E-state index in [0.29, 0.717) is 12.2 Å². The Labute approximate surface area is 137 Å². The first kappa shape index (κ1) is 17.8. The molecule has 0 fully saturated rings. The highest BCUT2D eigenvalue weighted by Crippen LogP contribution is 2.26. The molecule has 0 aromatic heterocycles. The van der Waals surface area contributed by atoms with Crippen molar-refractivity contribution >= 4 is 5.91 Å². The zero-order valence-electron chi connectivity index (χ0n) is 14.0. The minimum atomic E-state index is -1.04. The van der Waals surface area contributed by atoms with E-state index in [4.69, 9.17) is 4.74 Å². The van der Waals surface area contributed by atoms with Crippen molar-refractivity contribution in [3.8, 4) is 5.75 Å². The highest BCUT2D eigenvalue weighted by molar-refractivity contribution is 5.81. The molecule has 128 valence electrons. The molecule has 5 heteroatoms. The Hall–Kier alpha value is -1.59. The van der Waals surface area contributed by atoms with E-state index in [9.17, 15) is 15.0 Å². The fourth-order valence-corrected chi connectivity index (χ4v) is 2.78. The standard InChI is InChI=1S/C18H27NO4/c1-3-16(17(22)19-18(2,11-20)12-21)23-15-9-8-13-6-4-5-7-14(13)10-15/h8-10,16,20-21H,3-7,11-12H2,1-2H3,(H,19,22). The summed E-state index contributed by atoms with van der Waals surface area (Å²) in [7, 11) is 0. The number of hydrogen-bond donors (Lipinski definition) is 3. The molecule has 23 heavy (non-hydrogen) atoms. The smallest absolute Gasteiger partial charge is 0.261 e. The van der Waals surface area contributed by atoms with Crippen LogP contribution in [0.3, 0.4) is 0 Å². The van der Waals surface area contributed by atoms with Crippen LogP contribution in [0.1, 0.15) is 44.2 Å². The largest absolute Gasteiger partial charge is 0.481 e. The molecule has 1 atom stereocenters. The molecule has 0 spiro atoms. The fourth-order valence-electron chi connectivity index (χ4n) is 2.78. The van der Waals surface area contributed by atoms with Crippen LogP contribution in [-0.4, -0.2) is 41.0 Å². The van der Waals surface area contributed by atoms with Gasteiger partial charge in [0.2, 0.25) is 0 Å². The number of hydrogen-bond acceptors (Lipinski definition) is 4. The van der Waals surface area contributed by atoms with Gasteiger partial charge < -0.3 is 20.3 Å². The summed E-state index contributed by atoms with van der Waals surface area (Å²) in [5, 5.41) is 21.3. The highest BCUT2D eigenvalue weighted by atomic mass is 16.5. The molecule has 2 rings (SSSR count). The molecule has 0 heterocycles. The van der Waals surface area contributed by atoms with Crippen molar-refractivity contribution in [2.45, 2.75) is 57.6 Å². The highest BCUT2D eigenvalue weighted by Gasteiger charge is 2.29. The number of aliphatic hydroxyl groups is 2. The van der Waals surface area contributed by atoms with Gasteiger partial charge in [0.05, 0.1) is 18.8 Å². The second-order valence-corrected chi connectivity index (χ2v) is 6.52. The molecular weight excluding hydrogens is 294 g/mol. The molecular formula is C18H27NO4. The van der Waals surface area contributed by atoms with Gasteiger partial charge in [-0.05, 0) is 62.3 Å². The molecule has 5 nitrogen and oxygen atoms in total. The molecule has 0 bridgehead atoms. The fraction of sp³-hybridized carbons (Fsp3) is 0.611. The molecule has 0 aliphatic heterocycles. The summed E-state index contributed by atoms with van der Waals surface area (Å²) in [5.74, 6) is 0.373. The third-order valence-corrected chi connectivity index (χ3v) is 4.38. The van der Waals surface area contributed by atoms with Gasteiger partial charge in [-0.15, -0.1) is 0 Å². The first-order chi connectivity index (χ1) is 11.0. The van der Waals surface area contributed by atoms with Crippen molar-refractivity contribution in [1.29, 1.82) is 0 Å². The monoisotopic (exact) mass is 321 g/mol. The van der Waals surface area contributed by atoms with Gasteiger partial charge in [0.25, 0.3) is 5.91 Å². The van der Waals surface area contributed by atoms with Crippen LogP contribution in [-0.2, 0) is 17.6 Å². The van der Waals surface area contributed by atoms with E-state index in [0.717, 1.165) is 12.8 Å². The Balaban J connectivity index is 2.05. The van der Waals surface area contributed by atoms with Gasteiger partial charge in [-0.3, -0.25) is 4.79 Å². The Morgan fingerprint density at radius 3 is 2.52 bits per heavy atom. The maximum atomic E-state index is 12.3. The Kier molecular flexibility index (Phi) is 6.02. The second-order valence-electron chi connectivity index (χ2n) is 6.52. The van der Waals surface area contributed by atoms with Crippen LogP contribution in [0.15, 0.2) is 18.2 Å². The van der Waals surface area contributed by atoms with Gasteiger partial charge in [-0.1, -0.05) is 13.0 Å². The minimum absolute atomic E-state index is 0.323. The van der Waals surface area contributed by atoms with Gasteiger partial charge in [0.1, 0.15) is 5.75 Å². The molecule has 0 radical (unpaired) electrons. The van der Waals surface area contributed by atoms with E-state index in [1.54, 1.807) is 6.92 Å². The molecule has 1 amide bonds. The molecule has 0 saturated heterocycles. The van der Waals surface area contributed by atoms with E-state index in [2.05, 4.69) is 11.4 Å². The van der Waals surface area contributed by atoms with Crippen molar-refractivity contribution in [3.63, 3.8) is 0 Å². The van der Waals surface area contributed by atoms with Crippen LogP contribution in [0.25, 0.3) is 0 Å². The number of ether oxygens (including phenoxy) is 1. The van der Waals surface area contributed by atoms with E-state index in [-0.39, 0.29) is 19.1 Å². The van der Waals surface area contributed by atoms with Gasteiger partial charge >= 0.3 is 0 Å². The van der Waals surface area contributed by atoms with Crippen molar-refractivity contribution in [2.75, 3.05) is 13.2 Å². The van der Waals surface area contributed by atoms with Crippen LogP contribution in [0.4, 0.5) is 0 Å². The number of fused-ring (bicyclic) bond motifs is 1. The summed E-state index contributed by atoms with van der Waals surface area (Å²) in [6.07, 6.45) is 4.46.